The van der Waals surface area contributed by atoms with Gasteiger partial charge in [-0.2, -0.15) is 0 Å². The van der Waals surface area contributed by atoms with Crippen LogP contribution in [0.3, 0.4) is 0 Å². The van der Waals surface area contributed by atoms with Gasteiger partial charge in [-0.15, -0.1) is 0 Å². The first-order valence-electron chi connectivity index (χ1n) is 6.10. The van der Waals surface area contributed by atoms with Crippen molar-refractivity contribution in [2.75, 3.05) is 0 Å². The maximum absolute atomic E-state index is 11.2. The number of fused-ring (bicyclic) bond motifs is 3. The summed E-state index contributed by atoms with van der Waals surface area (Å²) in [4.78, 5) is 14.6. The molecule has 0 saturated carbocycles. The van der Waals surface area contributed by atoms with E-state index in [4.69, 9.17) is 11.6 Å². The lowest BCUT2D eigenvalue weighted by Crippen LogP contribution is -2.25. The minimum absolute atomic E-state index is 0.0254. The Hall–Kier alpha value is -1.48. The average molecular weight is 264 g/mol. The lowest BCUT2D eigenvalue weighted by molar-refractivity contribution is -0.142. The number of aromatic nitrogens is 1. The molecule has 4 heteroatoms. The van der Waals surface area contributed by atoms with Crippen molar-refractivity contribution in [3.63, 3.8) is 0 Å². The zero-order valence-electron chi connectivity index (χ0n) is 10.0. The quantitative estimate of drug-likeness (QED) is 0.826. The fourth-order valence-corrected chi connectivity index (χ4v) is 3.16. The number of halogens is 1. The van der Waals surface area contributed by atoms with Crippen LogP contribution in [0.15, 0.2) is 18.2 Å². The van der Waals surface area contributed by atoms with Crippen molar-refractivity contribution in [1.82, 2.24) is 4.98 Å². The van der Waals surface area contributed by atoms with Gasteiger partial charge in [0.25, 0.3) is 0 Å². The molecule has 0 saturated heterocycles. The van der Waals surface area contributed by atoms with E-state index >= 15 is 0 Å². The Labute approximate surface area is 110 Å². The number of H-pyrrole nitrogens is 1. The van der Waals surface area contributed by atoms with Gasteiger partial charge in [-0.3, -0.25) is 4.79 Å². The van der Waals surface area contributed by atoms with Crippen LogP contribution in [0.25, 0.3) is 10.9 Å². The molecule has 0 radical (unpaired) electrons. The van der Waals surface area contributed by atoms with Crippen LogP contribution in [0.1, 0.15) is 30.5 Å². The fraction of sp³-hybridized carbons (Fsp3) is 0.357. The molecule has 1 aliphatic rings. The second-order valence-corrected chi connectivity index (χ2v) is 5.42. The number of rotatable bonds is 1. The summed E-state index contributed by atoms with van der Waals surface area (Å²) in [6.45, 7) is 1.98. The third-order valence-electron chi connectivity index (χ3n) is 3.98. The Kier molecular flexibility index (Phi) is 2.59. The van der Waals surface area contributed by atoms with Gasteiger partial charge in [0.1, 0.15) is 0 Å². The van der Waals surface area contributed by atoms with E-state index in [0.717, 1.165) is 28.0 Å². The molecular weight excluding hydrogens is 250 g/mol. The molecule has 2 atom stereocenters. The van der Waals surface area contributed by atoms with Crippen LogP contribution in [-0.4, -0.2) is 16.1 Å². The molecule has 3 nitrogen and oxygen atoms in total. The predicted octanol–water partition coefficient (Wildman–Crippen LogP) is 3.57. The van der Waals surface area contributed by atoms with Gasteiger partial charge in [-0.25, -0.2) is 0 Å². The minimum Gasteiger partial charge on any atom is -0.481 e. The van der Waals surface area contributed by atoms with E-state index in [2.05, 4.69) is 4.98 Å². The molecule has 1 aromatic heterocycles. The molecule has 0 aliphatic heterocycles. The molecule has 3 rings (SSSR count). The molecule has 2 unspecified atom stereocenters. The highest BCUT2D eigenvalue weighted by atomic mass is 35.5. The molecule has 0 spiro atoms. The van der Waals surface area contributed by atoms with Gasteiger partial charge in [0.2, 0.25) is 0 Å². The highest BCUT2D eigenvalue weighted by Crippen LogP contribution is 2.39. The van der Waals surface area contributed by atoms with Crippen molar-refractivity contribution < 1.29 is 9.90 Å². The van der Waals surface area contributed by atoms with Crippen molar-refractivity contribution in [2.24, 2.45) is 5.92 Å². The Balaban J connectivity index is 2.16. The maximum atomic E-state index is 11.2. The van der Waals surface area contributed by atoms with Gasteiger partial charge in [-0.05, 0) is 36.6 Å². The topological polar surface area (TPSA) is 53.1 Å². The number of benzene rings is 1. The van der Waals surface area contributed by atoms with E-state index in [9.17, 15) is 9.90 Å². The first-order valence-corrected chi connectivity index (χ1v) is 6.48. The third-order valence-corrected chi connectivity index (χ3v) is 4.22. The van der Waals surface area contributed by atoms with Crippen LogP contribution >= 0.6 is 11.6 Å². The van der Waals surface area contributed by atoms with Crippen LogP contribution in [0.5, 0.6) is 0 Å². The normalized spacial score (nSPS) is 23.0. The summed E-state index contributed by atoms with van der Waals surface area (Å²) in [7, 11) is 0. The van der Waals surface area contributed by atoms with Gasteiger partial charge in [0, 0.05) is 27.5 Å². The predicted molar refractivity (Wildman–Crippen MR) is 71.2 cm³/mol. The van der Waals surface area contributed by atoms with Crippen LogP contribution in [-0.2, 0) is 11.2 Å². The first kappa shape index (κ1) is 11.6. The molecule has 0 amide bonds. The van der Waals surface area contributed by atoms with E-state index in [-0.39, 0.29) is 11.8 Å². The van der Waals surface area contributed by atoms with Crippen molar-refractivity contribution in [2.45, 2.75) is 25.7 Å². The summed E-state index contributed by atoms with van der Waals surface area (Å²) in [6.07, 6.45) is 1.50. The zero-order chi connectivity index (χ0) is 12.9. The largest absolute Gasteiger partial charge is 0.481 e. The molecular formula is C14H14ClNO2. The van der Waals surface area contributed by atoms with Crippen molar-refractivity contribution >= 4 is 28.5 Å². The van der Waals surface area contributed by atoms with Crippen LogP contribution < -0.4 is 0 Å². The number of carboxylic acid groups (broad SMARTS) is 1. The number of nitrogens with one attached hydrogen (secondary N) is 1. The Morgan fingerprint density at radius 1 is 1.50 bits per heavy atom. The van der Waals surface area contributed by atoms with Gasteiger partial charge >= 0.3 is 5.97 Å². The lowest BCUT2D eigenvalue weighted by atomic mass is 9.79. The van der Waals surface area contributed by atoms with E-state index in [0.29, 0.717) is 6.42 Å². The van der Waals surface area contributed by atoms with Crippen molar-refractivity contribution in [1.29, 1.82) is 0 Å². The third kappa shape index (κ3) is 1.62. The maximum Gasteiger partial charge on any atom is 0.307 e. The van der Waals surface area contributed by atoms with Gasteiger partial charge in [0.15, 0.2) is 0 Å². The molecule has 0 bridgehead atoms. The second-order valence-electron chi connectivity index (χ2n) is 4.98. The van der Waals surface area contributed by atoms with E-state index < -0.39 is 5.97 Å². The Morgan fingerprint density at radius 2 is 2.28 bits per heavy atom. The molecule has 18 heavy (non-hydrogen) atoms. The SMILES string of the molecule is CC1c2[nH]c3ccc(Cl)cc3c2CCC1C(=O)O. The number of carbonyl (C=O) groups is 1. The molecule has 2 aromatic rings. The summed E-state index contributed by atoms with van der Waals surface area (Å²) < 4.78 is 0. The highest BCUT2D eigenvalue weighted by Gasteiger charge is 2.33. The summed E-state index contributed by atoms with van der Waals surface area (Å²) in [5, 5.41) is 11.1. The molecule has 2 N–H and O–H groups in total. The Bertz CT molecular complexity index is 632. The van der Waals surface area contributed by atoms with E-state index in [1.54, 1.807) is 0 Å². The molecule has 94 valence electrons. The smallest absolute Gasteiger partial charge is 0.307 e. The van der Waals surface area contributed by atoms with Gasteiger partial charge in [0.05, 0.1) is 5.92 Å². The molecule has 1 aromatic carbocycles. The monoisotopic (exact) mass is 263 g/mol. The second kappa shape index (κ2) is 4.02. The highest BCUT2D eigenvalue weighted by molar-refractivity contribution is 6.31. The number of aryl methyl sites for hydroxylation is 1. The van der Waals surface area contributed by atoms with E-state index in [1.165, 1.54) is 5.56 Å². The number of hydrogen-bond acceptors (Lipinski definition) is 1. The number of carboxylic acids is 1. The van der Waals surface area contributed by atoms with Crippen LogP contribution in [0.2, 0.25) is 5.02 Å². The zero-order valence-corrected chi connectivity index (χ0v) is 10.8. The molecule has 0 fully saturated rings. The number of aliphatic carboxylic acids is 1. The number of hydrogen-bond donors (Lipinski definition) is 2. The molecule has 1 aliphatic carbocycles. The standard InChI is InChI=1S/C14H14ClNO2/c1-7-9(14(17)18)3-4-10-11-6-8(15)2-5-12(11)16-13(7)10/h2,5-7,9,16H,3-4H2,1H3,(H,17,18). The first-order chi connectivity index (χ1) is 8.58. The summed E-state index contributed by atoms with van der Waals surface area (Å²) >= 11 is 6.03. The lowest BCUT2D eigenvalue weighted by Gasteiger charge is -2.25. The minimum atomic E-state index is -0.704. The van der Waals surface area contributed by atoms with E-state index in [1.807, 2.05) is 25.1 Å². The van der Waals surface area contributed by atoms with Crippen LogP contribution in [0, 0.1) is 5.92 Å². The number of aromatic amines is 1. The average Bonchev–Trinajstić information content (AvgIpc) is 2.68. The van der Waals surface area contributed by atoms with Crippen molar-refractivity contribution in [3.05, 3.63) is 34.5 Å². The summed E-state index contributed by atoms with van der Waals surface area (Å²) in [5.74, 6) is -0.969. The Morgan fingerprint density at radius 3 is 3.00 bits per heavy atom. The van der Waals surface area contributed by atoms with Crippen LogP contribution in [0.4, 0.5) is 0 Å². The van der Waals surface area contributed by atoms with Gasteiger partial charge in [-0.1, -0.05) is 18.5 Å². The van der Waals surface area contributed by atoms with Gasteiger partial charge < -0.3 is 10.1 Å². The van der Waals surface area contributed by atoms with Crippen molar-refractivity contribution in [3.8, 4) is 0 Å². The summed E-state index contributed by atoms with van der Waals surface area (Å²) in [5.41, 5.74) is 3.34. The fourth-order valence-electron chi connectivity index (χ4n) is 2.99. The summed E-state index contributed by atoms with van der Waals surface area (Å²) in [6, 6.07) is 5.77. The molecule has 1 heterocycles.